The molecule has 4 heterocycles. The van der Waals surface area contributed by atoms with Gasteiger partial charge in [0.2, 0.25) is 0 Å². The van der Waals surface area contributed by atoms with Crippen molar-refractivity contribution in [2.24, 2.45) is 0 Å². The van der Waals surface area contributed by atoms with E-state index in [1.54, 1.807) is 48.5 Å². The van der Waals surface area contributed by atoms with Crippen LogP contribution >= 0.6 is 12.4 Å². The number of furan rings is 2. The van der Waals surface area contributed by atoms with Gasteiger partial charge in [0.25, 0.3) is 11.8 Å². The smallest absolute Gasteiger partial charge is 0.254 e. The Morgan fingerprint density at radius 1 is 0.525 bits per heavy atom. The number of nitrogens with zero attached hydrogens (tertiary/aromatic N) is 4. The molecule has 2 aliphatic rings. The normalized spacial score (nSPS) is 13.2. The summed E-state index contributed by atoms with van der Waals surface area (Å²) in [4.78, 5) is 59.2. The lowest BCUT2D eigenvalue weighted by Crippen LogP contribution is -2.35. The van der Waals surface area contributed by atoms with Gasteiger partial charge in [-0.15, -0.1) is 12.4 Å². The van der Waals surface area contributed by atoms with Gasteiger partial charge in [0.05, 0.1) is 26.2 Å². The van der Waals surface area contributed by atoms with Crippen LogP contribution in [0.2, 0.25) is 0 Å². The van der Waals surface area contributed by atoms with E-state index in [1.165, 1.54) is 11.1 Å². The Balaban J connectivity index is 0.000000201. The second-order valence-electron chi connectivity index (χ2n) is 16.2. The molecule has 0 bridgehead atoms. The van der Waals surface area contributed by atoms with Gasteiger partial charge >= 0.3 is 0 Å². The number of ketones is 2. The second kappa shape index (κ2) is 19.5. The fourth-order valence-corrected chi connectivity index (χ4v) is 7.75. The van der Waals surface area contributed by atoms with Crippen LogP contribution in [0.4, 0.5) is 0 Å². The van der Waals surface area contributed by atoms with Crippen molar-refractivity contribution in [2.75, 3.05) is 41.3 Å². The summed E-state index contributed by atoms with van der Waals surface area (Å²) in [5.41, 5.74) is 7.97. The number of halogens is 1. The first-order chi connectivity index (χ1) is 28.8. The fourth-order valence-electron chi connectivity index (χ4n) is 7.75. The molecule has 2 amide bonds. The van der Waals surface area contributed by atoms with Gasteiger partial charge in [-0.1, -0.05) is 72.8 Å². The largest absolute Gasteiger partial charge is 0.463 e. The number of hydrogen-bond donors (Lipinski definition) is 0. The highest BCUT2D eigenvalue weighted by molar-refractivity contribution is 6.11. The van der Waals surface area contributed by atoms with E-state index in [0.29, 0.717) is 59.6 Å². The lowest BCUT2D eigenvalue weighted by Gasteiger charge is -2.26. The molecule has 2 aliphatic heterocycles. The Kier molecular flexibility index (Phi) is 14.2. The minimum absolute atomic E-state index is 0. The molecule has 0 radical (unpaired) electrons. The zero-order valence-electron chi connectivity index (χ0n) is 35.7. The van der Waals surface area contributed by atoms with Crippen LogP contribution in [0.3, 0.4) is 0 Å². The van der Waals surface area contributed by atoms with Crippen molar-refractivity contribution in [1.29, 1.82) is 0 Å². The van der Waals surface area contributed by atoms with Gasteiger partial charge in [0.15, 0.2) is 11.6 Å². The fraction of sp³-hybridized carbons (Fsp3) is 0.280. The minimum Gasteiger partial charge on any atom is -0.463 e. The van der Waals surface area contributed by atoms with Crippen molar-refractivity contribution in [2.45, 2.75) is 52.9 Å². The zero-order chi connectivity index (χ0) is 42.5. The molecule has 8 rings (SSSR count). The number of benzene rings is 4. The molecule has 6 aromatic rings. The summed E-state index contributed by atoms with van der Waals surface area (Å²) in [5, 5.41) is 0. The maximum Gasteiger partial charge on any atom is 0.254 e. The van der Waals surface area contributed by atoms with Crippen LogP contribution in [0.25, 0.3) is 0 Å². The number of fused-ring (bicyclic) bond motifs is 2. The number of carbonyl (C=O) groups is 4. The predicted octanol–water partition coefficient (Wildman–Crippen LogP) is 8.58. The summed E-state index contributed by atoms with van der Waals surface area (Å²) < 4.78 is 11.9. The highest BCUT2D eigenvalue weighted by atomic mass is 35.5. The van der Waals surface area contributed by atoms with E-state index in [2.05, 4.69) is 21.9 Å². The zero-order valence-corrected chi connectivity index (χ0v) is 36.5. The monoisotopic (exact) mass is 840 g/mol. The van der Waals surface area contributed by atoms with E-state index in [4.69, 9.17) is 8.83 Å². The molecule has 61 heavy (non-hydrogen) atoms. The highest BCUT2D eigenvalue weighted by Gasteiger charge is 2.27. The third kappa shape index (κ3) is 10.5. The third-order valence-electron chi connectivity index (χ3n) is 11.0. The Morgan fingerprint density at radius 2 is 0.869 bits per heavy atom. The first-order valence-corrected chi connectivity index (χ1v) is 20.3. The summed E-state index contributed by atoms with van der Waals surface area (Å²) in [6.07, 6.45) is 1.59. The van der Waals surface area contributed by atoms with Gasteiger partial charge in [-0.25, -0.2) is 0 Å². The van der Waals surface area contributed by atoms with Crippen LogP contribution in [0.15, 0.2) is 118 Å². The molecule has 0 saturated heterocycles. The predicted molar refractivity (Wildman–Crippen MR) is 238 cm³/mol. The van der Waals surface area contributed by atoms with Crippen molar-refractivity contribution >= 4 is 35.8 Å². The molecule has 0 aliphatic carbocycles. The molecular formula is C50H53ClN4O6. The van der Waals surface area contributed by atoms with Crippen molar-refractivity contribution in [3.8, 4) is 0 Å². The number of carbonyl (C=O) groups excluding carboxylic acids is 4. The lowest BCUT2D eigenvalue weighted by atomic mass is 9.98. The topological polar surface area (TPSA) is 108 Å². The second-order valence-corrected chi connectivity index (χ2v) is 16.2. The van der Waals surface area contributed by atoms with Crippen molar-refractivity contribution < 1.29 is 28.0 Å². The molecule has 10 nitrogen and oxygen atoms in total. The van der Waals surface area contributed by atoms with Gasteiger partial charge in [0, 0.05) is 46.5 Å². The number of amides is 2. The van der Waals surface area contributed by atoms with Crippen molar-refractivity contribution in [1.82, 2.24) is 19.6 Å². The van der Waals surface area contributed by atoms with Gasteiger partial charge in [0.1, 0.15) is 23.0 Å². The molecular weight excluding hydrogens is 788 g/mol. The maximum atomic E-state index is 13.0. The Hall–Kier alpha value is -6.07. The molecule has 4 aromatic carbocycles. The highest BCUT2D eigenvalue weighted by Crippen LogP contribution is 2.27. The van der Waals surface area contributed by atoms with Crippen LogP contribution < -0.4 is 0 Å². The van der Waals surface area contributed by atoms with Crippen molar-refractivity contribution in [3.05, 3.63) is 188 Å². The van der Waals surface area contributed by atoms with Crippen LogP contribution in [0.1, 0.15) is 97.9 Å². The molecule has 0 fully saturated rings. The summed E-state index contributed by atoms with van der Waals surface area (Å²) in [7, 11) is 8.02. The van der Waals surface area contributed by atoms with Crippen LogP contribution in [0.5, 0.6) is 0 Å². The quantitative estimate of drug-likeness (QED) is 0.126. The summed E-state index contributed by atoms with van der Waals surface area (Å²) in [5.74, 6) is 3.46. The van der Waals surface area contributed by atoms with E-state index >= 15 is 0 Å². The number of aryl methyl sites for hydroxylation is 2. The molecule has 316 valence electrons. The van der Waals surface area contributed by atoms with Gasteiger partial charge in [-0.2, -0.15) is 0 Å². The van der Waals surface area contributed by atoms with E-state index in [0.717, 1.165) is 60.1 Å². The standard InChI is InChI=1S/2C25H26N2O3.ClH/c2*1-17-6-4-5-7-22(17)24(28)18-8-10-19(11-9-18)25(29)27-13-12-20-14-21(15-26(2)3)30-23(20)16-27;/h2*4-11,14H,12-13,15-16H2,1-3H3;1H. The first-order valence-electron chi connectivity index (χ1n) is 20.3. The molecule has 0 atom stereocenters. The maximum absolute atomic E-state index is 13.0. The SMILES string of the molecule is Cc1ccccc1C(=O)c1ccc(C(=O)N2CCc3cc(CN(C)C)oc3C2)cc1.Cc1ccccc1C(=O)c1ccc(C(=O)N2CCc3cc(CN(C)C)oc3C2)cc1.Cl. The molecule has 11 heteroatoms. The van der Waals surface area contributed by atoms with E-state index in [9.17, 15) is 19.2 Å². The van der Waals surface area contributed by atoms with Crippen LogP contribution in [-0.2, 0) is 39.0 Å². The molecule has 0 saturated carbocycles. The minimum atomic E-state index is -0.0406. The Labute approximate surface area is 364 Å². The van der Waals surface area contributed by atoms with Gasteiger partial charge in [-0.05, 0) is 114 Å². The average molecular weight is 841 g/mol. The van der Waals surface area contributed by atoms with Gasteiger partial charge in [-0.3, -0.25) is 19.2 Å². The summed E-state index contributed by atoms with van der Waals surface area (Å²) in [6.45, 7) is 7.63. The lowest BCUT2D eigenvalue weighted by molar-refractivity contribution is 0.0712. The van der Waals surface area contributed by atoms with E-state index in [-0.39, 0.29) is 35.8 Å². The third-order valence-corrected chi connectivity index (χ3v) is 11.0. The van der Waals surface area contributed by atoms with E-state index in [1.807, 2.05) is 100 Å². The molecule has 0 N–H and O–H groups in total. The van der Waals surface area contributed by atoms with Crippen LogP contribution in [0, 0.1) is 13.8 Å². The molecule has 0 unspecified atom stereocenters. The molecule has 0 spiro atoms. The van der Waals surface area contributed by atoms with Crippen LogP contribution in [-0.4, -0.2) is 84.3 Å². The Bertz CT molecular complexity index is 2340. The van der Waals surface area contributed by atoms with Crippen molar-refractivity contribution in [3.63, 3.8) is 0 Å². The van der Waals surface area contributed by atoms with E-state index < -0.39 is 0 Å². The number of rotatable bonds is 10. The first kappa shape index (κ1) is 44.5. The molecule has 2 aromatic heterocycles. The number of hydrogen-bond acceptors (Lipinski definition) is 8. The average Bonchev–Trinajstić information content (AvgIpc) is 3.84. The summed E-state index contributed by atoms with van der Waals surface area (Å²) in [6, 6.07) is 33.2. The van der Waals surface area contributed by atoms with Gasteiger partial charge < -0.3 is 28.4 Å². The Morgan fingerprint density at radius 3 is 1.21 bits per heavy atom. The summed E-state index contributed by atoms with van der Waals surface area (Å²) >= 11 is 0.